The second kappa shape index (κ2) is 18.9. The van der Waals surface area contributed by atoms with Crippen LogP contribution in [0.5, 0.6) is 11.5 Å². The predicted octanol–water partition coefficient (Wildman–Crippen LogP) is 6.27. The highest BCUT2D eigenvalue weighted by molar-refractivity contribution is 5.74. The van der Waals surface area contributed by atoms with Gasteiger partial charge in [-0.1, -0.05) is 53.0 Å². The Kier molecular flexibility index (Phi) is 15.7. The average molecular weight is 610 g/mol. The fraction of sp³-hybridized carbons (Fsp3) is 0.677. The molecule has 1 saturated carbocycles. The Bertz CT molecular complexity index is 1040. The third kappa shape index (κ3) is 14.0. The summed E-state index contributed by atoms with van der Waals surface area (Å²) in [6.45, 7) is 9.77. The van der Waals surface area contributed by atoms with Gasteiger partial charge in [-0.05, 0) is 68.6 Å². The lowest BCUT2D eigenvalue weighted by atomic mass is 9.98. The number of benzene rings is 1. The van der Waals surface area contributed by atoms with Crippen LogP contribution in [0.25, 0.3) is 0 Å². The van der Waals surface area contributed by atoms with Gasteiger partial charge >= 0.3 is 24.4 Å². The lowest BCUT2D eigenvalue weighted by Crippen LogP contribution is -2.43. The van der Waals surface area contributed by atoms with Crippen LogP contribution >= 0.6 is 0 Å². The van der Waals surface area contributed by atoms with E-state index < -0.39 is 36.6 Å². The predicted molar refractivity (Wildman–Crippen MR) is 156 cm³/mol. The van der Waals surface area contributed by atoms with Crippen molar-refractivity contribution in [3.63, 3.8) is 0 Å². The van der Waals surface area contributed by atoms with Gasteiger partial charge in [0, 0.05) is 6.54 Å². The monoisotopic (exact) mass is 609 g/mol. The second-order valence-corrected chi connectivity index (χ2v) is 11.2. The molecule has 2 rings (SSSR count). The van der Waals surface area contributed by atoms with Crippen LogP contribution in [0.3, 0.4) is 0 Å². The van der Waals surface area contributed by atoms with Crippen molar-refractivity contribution < 1.29 is 52.7 Å². The average Bonchev–Trinajstić information content (AvgIpc) is 2.98. The summed E-state index contributed by atoms with van der Waals surface area (Å²) >= 11 is 0. The summed E-state index contributed by atoms with van der Waals surface area (Å²) in [5.74, 6) is -1.10. The van der Waals surface area contributed by atoms with Crippen LogP contribution in [0, 0.1) is 11.8 Å². The Morgan fingerprint density at radius 3 is 2.00 bits per heavy atom. The summed E-state index contributed by atoms with van der Waals surface area (Å²) in [4.78, 5) is 48.8. The van der Waals surface area contributed by atoms with E-state index in [4.69, 9.17) is 28.4 Å². The lowest BCUT2D eigenvalue weighted by Gasteiger charge is -2.23. The van der Waals surface area contributed by atoms with Crippen LogP contribution < -0.4 is 14.8 Å². The molecule has 43 heavy (non-hydrogen) atoms. The third-order valence-corrected chi connectivity index (χ3v) is 7.26. The molecule has 12 nitrogen and oxygen atoms in total. The molecule has 1 aliphatic carbocycles. The molecule has 242 valence electrons. The molecule has 0 aliphatic heterocycles. The topological polar surface area (TPSA) is 156 Å². The number of ether oxygens (including phenoxy) is 6. The van der Waals surface area contributed by atoms with Crippen molar-refractivity contribution >= 4 is 24.4 Å². The zero-order chi connectivity index (χ0) is 31.8. The fourth-order valence-corrected chi connectivity index (χ4v) is 4.08. The normalized spacial score (nSPS) is 16.2. The van der Waals surface area contributed by atoms with E-state index in [0.29, 0.717) is 5.56 Å². The number of carboxylic acid groups (broad SMARTS) is 1. The number of rotatable bonds is 16. The Hall–Kier alpha value is -3.54. The van der Waals surface area contributed by atoms with E-state index >= 15 is 0 Å². The zero-order valence-electron chi connectivity index (χ0n) is 25.9. The number of carbonyl (C=O) groups is 4. The van der Waals surface area contributed by atoms with Gasteiger partial charge < -0.3 is 38.8 Å². The van der Waals surface area contributed by atoms with Gasteiger partial charge in [0.2, 0.25) is 0 Å². The second-order valence-electron chi connectivity index (χ2n) is 11.2. The van der Waals surface area contributed by atoms with Gasteiger partial charge in [-0.25, -0.2) is 14.4 Å². The largest absolute Gasteiger partial charge is 0.513 e. The van der Waals surface area contributed by atoms with Crippen LogP contribution in [0.15, 0.2) is 18.2 Å². The van der Waals surface area contributed by atoms with E-state index in [0.717, 1.165) is 44.9 Å². The molecule has 1 aromatic rings. The Morgan fingerprint density at radius 1 is 0.860 bits per heavy atom. The van der Waals surface area contributed by atoms with Crippen molar-refractivity contribution in [2.75, 3.05) is 19.8 Å². The molecule has 0 bridgehead atoms. The first-order chi connectivity index (χ1) is 20.5. The smallest absolute Gasteiger partial charge is 0.480 e. The van der Waals surface area contributed by atoms with Crippen LogP contribution in [-0.4, -0.2) is 67.6 Å². The first-order valence-corrected chi connectivity index (χ1v) is 15.2. The highest BCUT2D eigenvalue weighted by Gasteiger charge is 2.24. The summed E-state index contributed by atoms with van der Waals surface area (Å²) in [5, 5.41) is 12.7. The first kappa shape index (κ1) is 35.7. The highest BCUT2D eigenvalue weighted by Crippen LogP contribution is 2.30. The molecule has 1 aromatic carbocycles. The molecule has 0 spiro atoms. The Morgan fingerprint density at radius 2 is 1.44 bits per heavy atom. The molecule has 0 heterocycles. The maximum Gasteiger partial charge on any atom is 0.513 e. The van der Waals surface area contributed by atoms with Crippen LogP contribution in [0.2, 0.25) is 0 Å². The molecule has 0 radical (unpaired) electrons. The number of hydrogen-bond donors (Lipinski definition) is 2. The summed E-state index contributed by atoms with van der Waals surface area (Å²) < 4.78 is 31.6. The van der Waals surface area contributed by atoms with E-state index in [1.807, 2.05) is 27.7 Å². The summed E-state index contributed by atoms with van der Waals surface area (Å²) in [6, 6.07) is 3.27. The van der Waals surface area contributed by atoms with Crippen molar-refractivity contribution in [3.05, 3.63) is 23.8 Å². The third-order valence-electron chi connectivity index (χ3n) is 7.26. The number of carboxylic acids is 1. The van der Waals surface area contributed by atoms with Crippen molar-refractivity contribution in [3.8, 4) is 11.5 Å². The van der Waals surface area contributed by atoms with Crippen LogP contribution in [0.4, 0.5) is 14.4 Å². The van der Waals surface area contributed by atoms with Crippen molar-refractivity contribution in [1.29, 1.82) is 0 Å². The minimum absolute atomic E-state index is 0.0222. The number of aliphatic carboxylic acids is 1. The van der Waals surface area contributed by atoms with E-state index in [2.05, 4.69) is 5.32 Å². The van der Waals surface area contributed by atoms with Gasteiger partial charge in [-0.3, -0.25) is 4.79 Å². The van der Waals surface area contributed by atoms with Crippen molar-refractivity contribution in [2.24, 2.45) is 11.8 Å². The molecule has 0 aromatic heterocycles. The maximum atomic E-state index is 12.4. The zero-order valence-corrected chi connectivity index (χ0v) is 25.9. The molecule has 4 atom stereocenters. The fourth-order valence-electron chi connectivity index (χ4n) is 4.08. The number of hydrogen-bond acceptors (Lipinski definition) is 11. The molecular weight excluding hydrogens is 562 g/mol. The van der Waals surface area contributed by atoms with Gasteiger partial charge in [-0.2, -0.15) is 0 Å². The van der Waals surface area contributed by atoms with Gasteiger partial charge in [0.15, 0.2) is 11.5 Å². The quantitative estimate of drug-likeness (QED) is 0.123. The molecule has 0 saturated heterocycles. The first-order valence-electron chi connectivity index (χ1n) is 15.2. The molecule has 12 heteroatoms. The maximum absolute atomic E-state index is 12.4. The molecule has 3 unspecified atom stereocenters. The van der Waals surface area contributed by atoms with Crippen molar-refractivity contribution in [2.45, 2.75) is 104 Å². The molecule has 2 N–H and O–H groups in total. The van der Waals surface area contributed by atoms with Gasteiger partial charge in [0.1, 0.15) is 18.2 Å². The lowest BCUT2D eigenvalue weighted by molar-refractivity contribution is -0.139. The Balaban J connectivity index is 2.05. The van der Waals surface area contributed by atoms with E-state index in [1.165, 1.54) is 12.1 Å². The summed E-state index contributed by atoms with van der Waals surface area (Å²) in [5.41, 5.74) is 0.468. The molecule has 1 fully saturated rings. The standard InChI is InChI=1S/C31H47NO11/c1-6-20(3)18-38-29(35)42-26-14-13-23(16-27(26)43-30(36)39-19-21(4)7-2)15-25(28(33)34)32-17-22(5)40-31(37)41-24-11-9-8-10-12-24/h13-14,16,20-22,24-25,32H,6-12,15,17-19H2,1-5H3,(H,33,34)/t20?,21?,22?,25-/m0/s1. The van der Waals surface area contributed by atoms with E-state index in [1.54, 1.807) is 13.0 Å². The molecule has 0 amide bonds. The van der Waals surface area contributed by atoms with Crippen LogP contribution in [-0.2, 0) is 30.2 Å². The minimum atomic E-state index is -1.14. The SMILES string of the molecule is CCC(C)COC(=O)Oc1ccc(C[C@H](NCC(C)OC(=O)OC2CCCCC2)C(=O)O)cc1OC(=O)OCC(C)CC. The summed E-state index contributed by atoms with van der Waals surface area (Å²) in [7, 11) is 0. The Labute approximate surface area is 253 Å². The van der Waals surface area contributed by atoms with E-state index in [-0.39, 0.29) is 55.6 Å². The van der Waals surface area contributed by atoms with E-state index in [9.17, 15) is 24.3 Å². The highest BCUT2D eigenvalue weighted by atomic mass is 16.7. The van der Waals surface area contributed by atoms with Gasteiger partial charge in [0.25, 0.3) is 0 Å². The molecular formula is C31H47NO11. The number of carbonyl (C=O) groups excluding carboxylic acids is 3. The van der Waals surface area contributed by atoms with Crippen molar-refractivity contribution in [1.82, 2.24) is 5.32 Å². The van der Waals surface area contributed by atoms with Crippen LogP contribution in [0.1, 0.15) is 85.1 Å². The summed E-state index contributed by atoms with van der Waals surface area (Å²) in [6.07, 6.45) is 2.84. The molecule has 1 aliphatic rings. The van der Waals surface area contributed by atoms with Gasteiger partial charge in [-0.15, -0.1) is 0 Å². The number of nitrogens with one attached hydrogen (secondary N) is 1. The minimum Gasteiger partial charge on any atom is -0.480 e. The van der Waals surface area contributed by atoms with Gasteiger partial charge in [0.05, 0.1) is 13.2 Å².